The lowest BCUT2D eigenvalue weighted by Crippen LogP contribution is -2.05. The van der Waals surface area contributed by atoms with Crippen LogP contribution in [0.1, 0.15) is 13.3 Å². The van der Waals surface area contributed by atoms with Crippen LogP contribution in [0, 0.1) is 5.92 Å². The van der Waals surface area contributed by atoms with Crippen LogP contribution < -0.4 is 0 Å². The summed E-state index contributed by atoms with van der Waals surface area (Å²) in [5.74, 6) is 0.339. The van der Waals surface area contributed by atoms with Gasteiger partial charge in [0.15, 0.2) is 0 Å². The molecule has 2 heteroatoms. The first kappa shape index (κ1) is 12.7. The van der Waals surface area contributed by atoms with Gasteiger partial charge in [-0.15, -0.1) is 6.58 Å². The number of rotatable bonds is 6. The predicted octanol–water partition coefficient (Wildman–Crippen LogP) is 2.86. The standard InChI is InChI=1S/C12H20N2/c1-5-7-8-10-12(9-6-2)11-13-14(3)4/h5-8,10-12H,2,9H2,1,3-4H3/b7-5+,10-8+,13-11+. The van der Waals surface area contributed by atoms with Gasteiger partial charge in [-0.3, -0.25) is 0 Å². The number of nitrogens with zero attached hydrogens (tertiary/aromatic N) is 2. The smallest absolute Gasteiger partial charge is 0.0316 e. The van der Waals surface area contributed by atoms with E-state index in [1.54, 1.807) is 5.01 Å². The second kappa shape index (κ2) is 8.30. The van der Waals surface area contributed by atoms with E-state index >= 15 is 0 Å². The lowest BCUT2D eigenvalue weighted by atomic mass is 10.1. The topological polar surface area (TPSA) is 15.6 Å². The van der Waals surface area contributed by atoms with E-state index in [1.807, 2.05) is 51.5 Å². The summed E-state index contributed by atoms with van der Waals surface area (Å²) >= 11 is 0. The Balaban J connectivity index is 4.20. The maximum Gasteiger partial charge on any atom is 0.0316 e. The van der Waals surface area contributed by atoms with Gasteiger partial charge in [0.1, 0.15) is 0 Å². The highest BCUT2D eigenvalue weighted by Crippen LogP contribution is 2.03. The monoisotopic (exact) mass is 192 g/mol. The summed E-state index contributed by atoms with van der Waals surface area (Å²) in [5.41, 5.74) is 0. The van der Waals surface area contributed by atoms with Crippen LogP contribution in [0.2, 0.25) is 0 Å². The van der Waals surface area contributed by atoms with E-state index in [0.29, 0.717) is 5.92 Å². The largest absolute Gasteiger partial charge is 0.303 e. The first-order chi connectivity index (χ1) is 6.70. The highest BCUT2D eigenvalue weighted by Gasteiger charge is 1.96. The summed E-state index contributed by atoms with van der Waals surface area (Å²) in [4.78, 5) is 0. The molecule has 0 bridgehead atoms. The number of hydrogen-bond acceptors (Lipinski definition) is 2. The van der Waals surface area contributed by atoms with Crippen LogP contribution in [-0.2, 0) is 0 Å². The molecule has 0 aromatic heterocycles. The van der Waals surface area contributed by atoms with E-state index in [2.05, 4.69) is 17.8 Å². The zero-order chi connectivity index (χ0) is 10.8. The van der Waals surface area contributed by atoms with Gasteiger partial charge in [0.2, 0.25) is 0 Å². The molecule has 0 rings (SSSR count). The van der Waals surface area contributed by atoms with Gasteiger partial charge in [0.05, 0.1) is 0 Å². The molecule has 0 heterocycles. The molecule has 0 aromatic rings. The van der Waals surface area contributed by atoms with Crippen molar-refractivity contribution in [2.24, 2.45) is 11.0 Å². The number of hydrogen-bond donors (Lipinski definition) is 0. The van der Waals surface area contributed by atoms with Crippen molar-refractivity contribution in [3.63, 3.8) is 0 Å². The quantitative estimate of drug-likeness (QED) is 0.273. The molecule has 0 spiro atoms. The maximum absolute atomic E-state index is 4.21. The van der Waals surface area contributed by atoms with Crippen molar-refractivity contribution in [1.82, 2.24) is 5.01 Å². The summed E-state index contributed by atoms with van der Waals surface area (Å²) in [6.07, 6.45) is 12.9. The Morgan fingerprint density at radius 2 is 2.07 bits per heavy atom. The van der Waals surface area contributed by atoms with Gasteiger partial charge in [0, 0.05) is 26.2 Å². The fourth-order valence-corrected chi connectivity index (χ4v) is 0.919. The Kier molecular flexibility index (Phi) is 7.52. The first-order valence-corrected chi connectivity index (χ1v) is 4.82. The van der Waals surface area contributed by atoms with Crippen LogP contribution in [0.3, 0.4) is 0 Å². The van der Waals surface area contributed by atoms with Crippen LogP contribution in [0.4, 0.5) is 0 Å². The molecule has 0 fully saturated rings. The zero-order valence-electron chi connectivity index (χ0n) is 9.35. The maximum atomic E-state index is 4.21. The molecule has 0 N–H and O–H groups in total. The van der Waals surface area contributed by atoms with Crippen LogP contribution in [0.5, 0.6) is 0 Å². The van der Waals surface area contributed by atoms with Crippen molar-refractivity contribution >= 4 is 6.21 Å². The molecule has 0 amide bonds. The summed E-state index contributed by atoms with van der Waals surface area (Å²) in [6.45, 7) is 5.73. The van der Waals surface area contributed by atoms with Gasteiger partial charge in [-0.2, -0.15) is 5.10 Å². The molecule has 0 aliphatic heterocycles. The van der Waals surface area contributed by atoms with Gasteiger partial charge in [-0.05, 0) is 13.3 Å². The lowest BCUT2D eigenvalue weighted by Gasteiger charge is -2.06. The fourth-order valence-electron chi connectivity index (χ4n) is 0.919. The highest BCUT2D eigenvalue weighted by molar-refractivity contribution is 5.63. The molecule has 0 aliphatic carbocycles. The average Bonchev–Trinajstić information content (AvgIpc) is 2.14. The Labute approximate surface area is 87.3 Å². The molecule has 2 nitrogen and oxygen atoms in total. The van der Waals surface area contributed by atoms with Crippen molar-refractivity contribution in [3.05, 3.63) is 37.0 Å². The molecule has 78 valence electrons. The van der Waals surface area contributed by atoms with Gasteiger partial charge < -0.3 is 5.01 Å². The average molecular weight is 192 g/mol. The molecular weight excluding hydrogens is 172 g/mol. The fraction of sp³-hybridized carbons (Fsp3) is 0.417. The van der Waals surface area contributed by atoms with Crippen molar-refractivity contribution in [1.29, 1.82) is 0 Å². The molecule has 0 aromatic carbocycles. The summed E-state index contributed by atoms with van der Waals surface area (Å²) in [7, 11) is 3.83. The van der Waals surface area contributed by atoms with Gasteiger partial charge in [-0.25, -0.2) is 0 Å². The summed E-state index contributed by atoms with van der Waals surface area (Å²) in [5, 5.41) is 6.00. The minimum Gasteiger partial charge on any atom is -0.303 e. The Hall–Kier alpha value is -1.31. The SMILES string of the molecule is C=CCC(/C=C/C=C/C)/C=N/N(C)C. The van der Waals surface area contributed by atoms with Gasteiger partial charge in [-0.1, -0.05) is 30.4 Å². The molecule has 0 saturated heterocycles. The van der Waals surface area contributed by atoms with Crippen molar-refractivity contribution < 1.29 is 0 Å². The van der Waals surface area contributed by atoms with E-state index in [4.69, 9.17) is 0 Å². The van der Waals surface area contributed by atoms with E-state index in [9.17, 15) is 0 Å². The summed E-state index contributed by atoms with van der Waals surface area (Å²) < 4.78 is 0. The molecule has 0 aliphatic rings. The van der Waals surface area contributed by atoms with Crippen molar-refractivity contribution in [2.45, 2.75) is 13.3 Å². The third-order valence-corrected chi connectivity index (χ3v) is 1.59. The van der Waals surface area contributed by atoms with Crippen molar-refractivity contribution in [2.75, 3.05) is 14.1 Å². The Morgan fingerprint density at radius 3 is 2.57 bits per heavy atom. The Bertz CT molecular complexity index is 224. The van der Waals surface area contributed by atoms with Crippen LogP contribution in [-0.4, -0.2) is 25.3 Å². The molecule has 0 radical (unpaired) electrons. The second-order valence-corrected chi connectivity index (χ2v) is 3.21. The predicted molar refractivity (Wildman–Crippen MR) is 64.4 cm³/mol. The highest BCUT2D eigenvalue weighted by atomic mass is 15.4. The molecule has 14 heavy (non-hydrogen) atoms. The van der Waals surface area contributed by atoms with E-state index in [1.165, 1.54) is 0 Å². The third-order valence-electron chi connectivity index (χ3n) is 1.59. The Morgan fingerprint density at radius 1 is 1.36 bits per heavy atom. The van der Waals surface area contributed by atoms with E-state index < -0.39 is 0 Å². The van der Waals surface area contributed by atoms with Crippen LogP contribution >= 0.6 is 0 Å². The van der Waals surface area contributed by atoms with E-state index in [0.717, 1.165) is 6.42 Å². The minimum atomic E-state index is 0.339. The first-order valence-electron chi connectivity index (χ1n) is 4.82. The normalized spacial score (nSPS) is 14.2. The van der Waals surface area contributed by atoms with Crippen LogP contribution in [0.15, 0.2) is 42.1 Å². The molecule has 0 saturated carbocycles. The summed E-state index contributed by atoms with van der Waals surface area (Å²) in [6, 6.07) is 0. The van der Waals surface area contributed by atoms with Crippen molar-refractivity contribution in [3.8, 4) is 0 Å². The second-order valence-electron chi connectivity index (χ2n) is 3.21. The molecule has 1 atom stereocenters. The van der Waals surface area contributed by atoms with Crippen LogP contribution in [0.25, 0.3) is 0 Å². The molecule has 1 unspecified atom stereocenters. The minimum absolute atomic E-state index is 0.339. The lowest BCUT2D eigenvalue weighted by molar-refractivity contribution is 0.437. The van der Waals surface area contributed by atoms with E-state index in [-0.39, 0.29) is 0 Å². The van der Waals surface area contributed by atoms with Gasteiger partial charge in [0.25, 0.3) is 0 Å². The van der Waals surface area contributed by atoms with Gasteiger partial charge >= 0.3 is 0 Å². The zero-order valence-corrected chi connectivity index (χ0v) is 9.35. The molecular formula is C12H20N2. The number of hydrazone groups is 1. The third kappa shape index (κ3) is 7.35. The number of allylic oxidation sites excluding steroid dienone is 5.